The van der Waals surface area contributed by atoms with Crippen molar-refractivity contribution < 1.29 is 19.0 Å². The molecule has 8 nitrogen and oxygen atoms in total. The van der Waals surface area contributed by atoms with E-state index in [0.717, 1.165) is 18.7 Å². The van der Waals surface area contributed by atoms with Gasteiger partial charge in [0.2, 0.25) is 0 Å². The monoisotopic (exact) mass is 386 g/mol. The maximum Gasteiger partial charge on any atom is 0.319 e. The van der Waals surface area contributed by atoms with E-state index in [1.165, 1.54) is 0 Å². The molecule has 1 aliphatic heterocycles. The average molecular weight is 386 g/mol. The summed E-state index contributed by atoms with van der Waals surface area (Å²) < 4.78 is 16.3. The fraction of sp³-hybridized carbons (Fsp3) is 0.400. The fourth-order valence-corrected chi connectivity index (χ4v) is 3.21. The van der Waals surface area contributed by atoms with Gasteiger partial charge in [0, 0.05) is 25.8 Å². The molecular formula is C20H26N4O4. The molecule has 1 fully saturated rings. The summed E-state index contributed by atoms with van der Waals surface area (Å²) in [6, 6.07) is 9.13. The number of methoxy groups -OCH3 is 2. The third kappa shape index (κ3) is 5.11. The lowest BCUT2D eigenvalue weighted by Crippen LogP contribution is -2.44. The SMILES string of the molecule is COc1ccc([C@H](CNC(=O)Nc2cccnc2)N2CCOCC2)cc1OC. The largest absolute Gasteiger partial charge is 0.493 e. The van der Waals surface area contributed by atoms with Crippen molar-refractivity contribution in [3.8, 4) is 11.5 Å². The molecule has 2 N–H and O–H groups in total. The normalized spacial score (nSPS) is 15.5. The number of hydrogen-bond donors (Lipinski definition) is 2. The number of carbonyl (C=O) groups excluding carboxylic acids is 1. The number of aromatic nitrogens is 1. The molecule has 150 valence electrons. The summed E-state index contributed by atoms with van der Waals surface area (Å²) in [5, 5.41) is 5.75. The van der Waals surface area contributed by atoms with E-state index in [4.69, 9.17) is 14.2 Å². The molecule has 0 spiro atoms. The summed E-state index contributed by atoms with van der Waals surface area (Å²) in [6.45, 7) is 3.38. The Hall–Kier alpha value is -2.84. The van der Waals surface area contributed by atoms with Crippen LogP contribution in [0.2, 0.25) is 0 Å². The molecule has 28 heavy (non-hydrogen) atoms. The molecule has 0 radical (unpaired) electrons. The Labute approximate surface area is 164 Å². The second-order valence-corrected chi connectivity index (χ2v) is 6.36. The summed E-state index contributed by atoms with van der Waals surface area (Å²) >= 11 is 0. The van der Waals surface area contributed by atoms with Crippen molar-refractivity contribution in [2.45, 2.75) is 6.04 Å². The summed E-state index contributed by atoms with van der Waals surface area (Å²) in [5.74, 6) is 1.34. The van der Waals surface area contributed by atoms with Gasteiger partial charge in [0.15, 0.2) is 11.5 Å². The smallest absolute Gasteiger partial charge is 0.319 e. The first-order valence-electron chi connectivity index (χ1n) is 9.20. The van der Waals surface area contributed by atoms with Gasteiger partial charge in [-0.1, -0.05) is 6.07 Å². The molecule has 1 aliphatic rings. The minimum absolute atomic E-state index is 0.0108. The van der Waals surface area contributed by atoms with Crippen LogP contribution in [0.25, 0.3) is 0 Å². The van der Waals surface area contributed by atoms with E-state index in [9.17, 15) is 4.79 Å². The zero-order valence-corrected chi connectivity index (χ0v) is 16.2. The van der Waals surface area contributed by atoms with Crippen molar-refractivity contribution in [1.82, 2.24) is 15.2 Å². The van der Waals surface area contributed by atoms with Crippen LogP contribution in [-0.4, -0.2) is 63.0 Å². The van der Waals surface area contributed by atoms with E-state index in [1.54, 1.807) is 38.7 Å². The standard InChI is InChI=1S/C20H26N4O4/c1-26-18-6-5-15(12-19(18)27-2)17(24-8-10-28-11-9-24)14-22-20(25)23-16-4-3-7-21-13-16/h3-7,12-13,17H,8-11,14H2,1-2H3,(H2,22,23,25)/t17-/m0/s1. The van der Waals surface area contributed by atoms with Crippen molar-refractivity contribution in [3.63, 3.8) is 0 Å². The quantitative estimate of drug-likeness (QED) is 0.760. The first-order valence-corrected chi connectivity index (χ1v) is 9.20. The van der Waals surface area contributed by atoms with Crippen molar-refractivity contribution in [3.05, 3.63) is 48.3 Å². The topological polar surface area (TPSA) is 85.0 Å². The third-order valence-electron chi connectivity index (χ3n) is 4.65. The van der Waals surface area contributed by atoms with Crippen molar-refractivity contribution in [2.75, 3.05) is 52.4 Å². The van der Waals surface area contributed by atoms with Crippen LogP contribution in [0.3, 0.4) is 0 Å². The molecular weight excluding hydrogens is 360 g/mol. The van der Waals surface area contributed by atoms with Gasteiger partial charge >= 0.3 is 6.03 Å². The highest BCUT2D eigenvalue weighted by Crippen LogP contribution is 2.32. The van der Waals surface area contributed by atoms with Crippen molar-refractivity contribution in [1.29, 1.82) is 0 Å². The summed E-state index contributed by atoms with van der Waals surface area (Å²) in [6.07, 6.45) is 3.27. The number of morpholine rings is 1. The maximum absolute atomic E-state index is 12.3. The number of nitrogens with zero attached hydrogens (tertiary/aromatic N) is 2. The van der Waals surface area contributed by atoms with E-state index in [1.807, 2.05) is 18.2 Å². The first kappa shape index (κ1) is 19.9. The number of ether oxygens (including phenoxy) is 3. The van der Waals surface area contributed by atoms with Gasteiger partial charge in [-0.15, -0.1) is 0 Å². The third-order valence-corrected chi connectivity index (χ3v) is 4.65. The lowest BCUT2D eigenvalue weighted by atomic mass is 10.0. The zero-order valence-electron chi connectivity index (χ0n) is 16.2. The van der Waals surface area contributed by atoms with Crippen molar-refractivity contribution >= 4 is 11.7 Å². The number of urea groups is 1. The molecule has 0 bridgehead atoms. The predicted molar refractivity (Wildman–Crippen MR) is 106 cm³/mol. The molecule has 1 saturated heterocycles. The number of hydrogen-bond acceptors (Lipinski definition) is 6. The van der Waals surface area contributed by atoms with Crippen LogP contribution in [0.1, 0.15) is 11.6 Å². The molecule has 0 saturated carbocycles. The Bertz CT molecular complexity index is 766. The van der Waals surface area contributed by atoms with Crippen LogP contribution in [0, 0.1) is 0 Å². The molecule has 0 aliphatic carbocycles. The number of rotatable bonds is 7. The zero-order chi connectivity index (χ0) is 19.8. The second kappa shape index (κ2) is 9.91. The maximum atomic E-state index is 12.3. The van der Waals surface area contributed by atoms with Crippen molar-refractivity contribution in [2.24, 2.45) is 0 Å². The number of amides is 2. The molecule has 2 heterocycles. The lowest BCUT2D eigenvalue weighted by Gasteiger charge is -2.35. The van der Waals surface area contributed by atoms with Crippen LogP contribution in [0.15, 0.2) is 42.7 Å². The number of nitrogens with one attached hydrogen (secondary N) is 2. The highest BCUT2D eigenvalue weighted by Gasteiger charge is 2.24. The highest BCUT2D eigenvalue weighted by atomic mass is 16.5. The van der Waals surface area contributed by atoms with Crippen LogP contribution in [-0.2, 0) is 4.74 Å². The molecule has 0 unspecified atom stereocenters. The van der Waals surface area contributed by atoms with Gasteiger partial charge < -0.3 is 24.8 Å². The predicted octanol–water partition coefficient (Wildman–Crippen LogP) is 2.29. The Kier molecular flexibility index (Phi) is 7.05. The van der Waals surface area contributed by atoms with Gasteiger partial charge in [-0.25, -0.2) is 4.79 Å². The van der Waals surface area contributed by atoms with E-state index in [2.05, 4.69) is 20.5 Å². The fourth-order valence-electron chi connectivity index (χ4n) is 3.21. The number of pyridine rings is 1. The molecule has 8 heteroatoms. The number of anilines is 1. The summed E-state index contributed by atoms with van der Waals surface area (Å²) in [5.41, 5.74) is 1.69. The van der Waals surface area contributed by atoms with Gasteiger partial charge in [-0.05, 0) is 29.8 Å². The summed E-state index contributed by atoms with van der Waals surface area (Å²) in [4.78, 5) is 18.6. The lowest BCUT2D eigenvalue weighted by molar-refractivity contribution is 0.0167. The Morgan fingerprint density at radius 3 is 2.68 bits per heavy atom. The van der Waals surface area contributed by atoms with Crippen LogP contribution in [0.4, 0.5) is 10.5 Å². The second-order valence-electron chi connectivity index (χ2n) is 6.36. The number of benzene rings is 1. The highest BCUT2D eigenvalue weighted by molar-refractivity contribution is 5.88. The van der Waals surface area contributed by atoms with Crippen LogP contribution in [0.5, 0.6) is 11.5 Å². The number of carbonyl (C=O) groups is 1. The van der Waals surface area contributed by atoms with Crippen LogP contribution >= 0.6 is 0 Å². The van der Waals surface area contributed by atoms with Crippen LogP contribution < -0.4 is 20.1 Å². The molecule has 3 rings (SSSR count). The molecule has 2 aromatic rings. The average Bonchev–Trinajstić information content (AvgIpc) is 2.75. The van der Waals surface area contributed by atoms with Gasteiger partial charge in [-0.3, -0.25) is 9.88 Å². The minimum Gasteiger partial charge on any atom is -0.493 e. The summed E-state index contributed by atoms with van der Waals surface area (Å²) in [7, 11) is 3.23. The Morgan fingerprint density at radius 2 is 2.00 bits per heavy atom. The van der Waals surface area contributed by atoms with E-state index < -0.39 is 0 Å². The van der Waals surface area contributed by atoms with Gasteiger partial charge in [0.1, 0.15) is 0 Å². The van der Waals surface area contributed by atoms with Gasteiger partial charge in [0.05, 0.1) is 45.4 Å². The molecule has 2 amide bonds. The molecule has 1 aromatic carbocycles. The van der Waals surface area contributed by atoms with Gasteiger partial charge in [0.25, 0.3) is 0 Å². The van der Waals surface area contributed by atoms with E-state index in [0.29, 0.717) is 36.9 Å². The minimum atomic E-state index is -0.272. The first-order chi connectivity index (χ1) is 13.7. The molecule has 1 atom stereocenters. The Morgan fingerprint density at radius 1 is 1.21 bits per heavy atom. The van der Waals surface area contributed by atoms with E-state index >= 15 is 0 Å². The van der Waals surface area contributed by atoms with Gasteiger partial charge in [-0.2, -0.15) is 0 Å². The molecule has 1 aromatic heterocycles. The van der Waals surface area contributed by atoms with E-state index in [-0.39, 0.29) is 12.1 Å². The Balaban J connectivity index is 1.73.